The average Bonchev–Trinajstić information content (AvgIpc) is 2.90. The number of aromatic nitrogens is 1. The Morgan fingerprint density at radius 1 is 1.29 bits per heavy atom. The van der Waals surface area contributed by atoms with Crippen LogP contribution in [0.3, 0.4) is 0 Å². The van der Waals surface area contributed by atoms with E-state index in [0.717, 1.165) is 5.69 Å². The molecule has 0 saturated heterocycles. The van der Waals surface area contributed by atoms with Crippen molar-refractivity contribution in [1.29, 1.82) is 0 Å². The van der Waals surface area contributed by atoms with E-state index in [1.807, 2.05) is 30.3 Å². The first kappa shape index (κ1) is 13.9. The molecule has 4 nitrogen and oxygen atoms in total. The van der Waals surface area contributed by atoms with Crippen molar-refractivity contribution in [3.05, 3.63) is 62.7 Å². The molecule has 2 aromatic heterocycles. The van der Waals surface area contributed by atoms with E-state index >= 15 is 0 Å². The normalized spacial score (nSPS) is 10.8. The minimum atomic E-state index is -0.658. The number of hydrogen-bond acceptors (Lipinski definition) is 4. The van der Waals surface area contributed by atoms with E-state index in [4.69, 9.17) is 11.6 Å². The number of carbonyl (C=O) groups is 1. The number of rotatable bonds is 2. The lowest BCUT2D eigenvalue weighted by Gasteiger charge is -2.10. The van der Waals surface area contributed by atoms with Gasteiger partial charge in [0.1, 0.15) is 10.4 Å². The fraction of sp³-hybridized carbons (Fsp3) is 0.0667. The second kappa shape index (κ2) is 5.35. The lowest BCUT2D eigenvalue weighted by molar-refractivity contribution is 0.0599. The second-order valence-corrected chi connectivity index (χ2v) is 6.00. The highest BCUT2D eigenvalue weighted by atomic mass is 35.5. The minimum Gasteiger partial charge on any atom is -0.465 e. The second-order valence-electron chi connectivity index (χ2n) is 4.34. The molecule has 0 aliphatic rings. The molecule has 3 aromatic rings. The van der Waals surface area contributed by atoms with Gasteiger partial charge in [-0.25, -0.2) is 4.79 Å². The van der Waals surface area contributed by atoms with Gasteiger partial charge in [-0.05, 0) is 18.2 Å². The summed E-state index contributed by atoms with van der Waals surface area (Å²) in [5, 5.41) is 0.414. The van der Waals surface area contributed by atoms with Gasteiger partial charge in [0.15, 0.2) is 0 Å². The van der Waals surface area contributed by atoms with Gasteiger partial charge in [0.25, 0.3) is 0 Å². The summed E-state index contributed by atoms with van der Waals surface area (Å²) in [6.07, 6.45) is 1.50. The summed E-state index contributed by atoms with van der Waals surface area (Å²) in [6.45, 7) is 0. The van der Waals surface area contributed by atoms with Gasteiger partial charge in [-0.1, -0.05) is 29.8 Å². The fourth-order valence-electron chi connectivity index (χ4n) is 2.12. The first-order chi connectivity index (χ1) is 10.1. The Morgan fingerprint density at radius 2 is 2.00 bits per heavy atom. The first-order valence-electron chi connectivity index (χ1n) is 6.10. The van der Waals surface area contributed by atoms with E-state index in [1.165, 1.54) is 24.6 Å². The van der Waals surface area contributed by atoms with Crippen LogP contribution < -0.4 is 5.43 Å². The lowest BCUT2D eigenvalue weighted by atomic mass is 10.2. The van der Waals surface area contributed by atoms with Crippen LogP contribution in [-0.4, -0.2) is 17.6 Å². The molecule has 0 N–H and O–H groups in total. The molecule has 0 radical (unpaired) electrons. The number of halogens is 1. The van der Waals surface area contributed by atoms with Crippen LogP contribution in [0.25, 0.3) is 15.9 Å². The monoisotopic (exact) mass is 319 g/mol. The summed E-state index contributed by atoms with van der Waals surface area (Å²) in [7, 11) is 1.25. The van der Waals surface area contributed by atoms with Crippen LogP contribution in [0.5, 0.6) is 0 Å². The Bertz CT molecular complexity index is 883. The summed E-state index contributed by atoms with van der Waals surface area (Å²) in [5.41, 5.74) is 0.460. The number of ether oxygens (including phenoxy) is 1. The average molecular weight is 320 g/mol. The van der Waals surface area contributed by atoms with E-state index in [2.05, 4.69) is 4.74 Å². The number of fused-ring (bicyclic) bond motifs is 1. The van der Waals surface area contributed by atoms with Gasteiger partial charge in [-0.2, -0.15) is 0 Å². The van der Waals surface area contributed by atoms with Gasteiger partial charge in [0.2, 0.25) is 5.43 Å². The molecule has 0 bridgehead atoms. The van der Waals surface area contributed by atoms with Crippen molar-refractivity contribution < 1.29 is 9.53 Å². The summed E-state index contributed by atoms with van der Waals surface area (Å²) in [5.74, 6) is -0.658. The summed E-state index contributed by atoms with van der Waals surface area (Å²) < 4.78 is 6.95. The van der Waals surface area contributed by atoms with Gasteiger partial charge in [-0.3, -0.25) is 4.79 Å². The van der Waals surface area contributed by atoms with Gasteiger partial charge in [0, 0.05) is 11.9 Å². The van der Waals surface area contributed by atoms with E-state index in [9.17, 15) is 9.59 Å². The molecule has 0 aliphatic carbocycles. The van der Waals surface area contributed by atoms with Gasteiger partial charge in [0.05, 0.1) is 16.8 Å². The van der Waals surface area contributed by atoms with Crippen LogP contribution in [0.15, 0.2) is 47.4 Å². The lowest BCUT2D eigenvalue weighted by Crippen LogP contribution is -2.18. The largest absolute Gasteiger partial charge is 0.465 e. The number of benzene rings is 1. The molecule has 106 valence electrons. The predicted octanol–water partition coefficient (Wildman–Crippen LogP) is 3.49. The minimum absolute atomic E-state index is 0.0108. The molecule has 0 atom stereocenters. The molecule has 2 heterocycles. The Kier molecular flexibility index (Phi) is 3.53. The van der Waals surface area contributed by atoms with Crippen molar-refractivity contribution in [2.24, 2.45) is 0 Å². The van der Waals surface area contributed by atoms with Crippen molar-refractivity contribution in [1.82, 2.24) is 4.57 Å². The Balaban J connectivity index is 2.40. The number of methoxy groups -OCH3 is 1. The van der Waals surface area contributed by atoms with Crippen LogP contribution in [-0.2, 0) is 4.74 Å². The predicted molar refractivity (Wildman–Crippen MR) is 83.8 cm³/mol. The molecule has 0 spiro atoms. The molecule has 0 amide bonds. The summed E-state index contributed by atoms with van der Waals surface area (Å²) in [6, 6.07) is 11.0. The maximum atomic E-state index is 12.4. The van der Waals surface area contributed by atoms with Crippen molar-refractivity contribution in [2.45, 2.75) is 0 Å². The molecule has 6 heteroatoms. The van der Waals surface area contributed by atoms with Crippen LogP contribution in [0.4, 0.5) is 0 Å². The molecule has 0 saturated carbocycles. The highest BCUT2D eigenvalue weighted by molar-refractivity contribution is 7.22. The third-order valence-electron chi connectivity index (χ3n) is 3.09. The first-order valence-corrected chi connectivity index (χ1v) is 7.29. The number of thiophene rings is 1. The molecule has 0 aliphatic heterocycles. The molecular weight excluding hydrogens is 310 g/mol. The molecule has 3 rings (SSSR count). The van der Waals surface area contributed by atoms with Crippen LogP contribution in [0.1, 0.15) is 10.4 Å². The summed E-state index contributed by atoms with van der Waals surface area (Å²) in [4.78, 5) is 24.9. The quantitative estimate of drug-likeness (QED) is 0.679. The number of nitrogens with zero attached hydrogens (tertiary/aromatic N) is 1. The van der Waals surface area contributed by atoms with Gasteiger partial charge in [-0.15, -0.1) is 11.3 Å². The van der Waals surface area contributed by atoms with Crippen LogP contribution >= 0.6 is 22.9 Å². The molecule has 0 unspecified atom stereocenters. The Labute approximate surface area is 129 Å². The van der Waals surface area contributed by atoms with Crippen LogP contribution in [0, 0.1) is 0 Å². The third kappa shape index (κ3) is 2.34. The Morgan fingerprint density at radius 3 is 2.67 bits per heavy atom. The maximum Gasteiger partial charge on any atom is 0.343 e. The fourth-order valence-corrected chi connectivity index (χ4v) is 3.33. The summed E-state index contributed by atoms with van der Waals surface area (Å²) >= 11 is 7.32. The SMILES string of the molecule is COC(=O)c1cn(-c2ccccc2)c2sc(Cl)cc2c1=O. The zero-order chi connectivity index (χ0) is 15.0. The van der Waals surface area contributed by atoms with E-state index in [0.29, 0.717) is 14.6 Å². The van der Waals surface area contributed by atoms with E-state index in [-0.39, 0.29) is 11.0 Å². The van der Waals surface area contributed by atoms with Crippen molar-refractivity contribution in [3.63, 3.8) is 0 Å². The topological polar surface area (TPSA) is 48.3 Å². The van der Waals surface area contributed by atoms with Crippen molar-refractivity contribution in [3.8, 4) is 5.69 Å². The standard InChI is InChI=1S/C15H10ClNO3S/c1-20-15(19)11-8-17(9-5-3-2-4-6-9)14-10(13(11)18)7-12(16)21-14/h2-8H,1H3. The van der Waals surface area contributed by atoms with Gasteiger partial charge >= 0.3 is 5.97 Å². The molecular formula is C15H10ClNO3S. The zero-order valence-electron chi connectivity index (χ0n) is 11.0. The third-order valence-corrected chi connectivity index (χ3v) is 4.35. The number of hydrogen-bond donors (Lipinski definition) is 0. The number of carbonyl (C=O) groups excluding carboxylic acids is 1. The Hall–Kier alpha value is -2.11. The van der Waals surface area contributed by atoms with Crippen LogP contribution in [0.2, 0.25) is 4.34 Å². The van der Waals surface area contributed by atoms with E-state index < -0.39 is 5.97 Å². The number of pyridine rings is 1. The number of esters is 1. The molecule has 1 aromatic carbocycles. The smallest absolute Gasteiger partial charge is 0.343 e. The van der Waals surface area contributed by atoms with Crippen molar-refractivity contribution >= 4 is 39.1 Å². The van der Waals surface area contributed by atoms with E-state index in [1.54, 1.807) is 10.6 Å². The highest BCUT2D eigenvalue weighted by Crippen LogP contribution is 2.29. The highest BCUT2D eigenvalue weighted by Gasteiger charge is 2.18. The zero-order valence-corrected chi connectivity index (χ0v) is 12.6. The maximum absolute atomic E-state index is 12.4. The molecule has 0 fully saturated rings. The van der Waals surface area contributed by atoms with Crippen molar-refractivity contribution in [2.75, 3.05) is 7.11 Å². The molecule has 21 heavy (non-hydrogen) atoms. The van der Waals surface area contributed by atoms with Gasteiger partial charge < -0.3 is 9.30 Å². The number of para-hydroxylation sites is 1.